The van der Waals surface area contributed by atoms with Gasteiger partial charge in [-0.3, -0.25) is 0 Å². The van der Waals surface area contributed by atoms with E-state index in [1.807, 2.05) is 25.6 Å². The second kappa shape index (κ2) is 6.43. The van der Waals surface area contributed by atoms with Gasteiger partial charge in [0.2, 0.25) is 0 Å². The molecule has 0 radical (unpaired) electrons. The number of aryl methyl sites for hydroxylation is 1. The summed E-state index contributed by atoms with van der Waals surface area (Å²) < 4.78 is 2.06. The van der Waals surface area contributed by atoms with Gasteiger partial charge < -0.3 is 15.2 Å². The molecule has 0 aromatic carbocycles. The van der Waals surface area contributed by atoms with Gasteiger partial charge in [0.25, 0.3) is 0 Å². The zero-order chi connectivity index (χ0) is 14.7. The minimum absolute atomic E-state index is 0.588. The van der Waals surface area contributed by atoms with Crippen molar-refractivity contribution < 1.29 is 0 Å². The van der Waals surface area contributed by atoms with Crippen LogP contribution in [0.1, 0.15) is 38.5 Å². The number of nitrogens with zero attached hydrogens (tertiary/aromatic N) is 4. The number of pyridine rings is 1. The number of aromatic nitrogens is 3. The molecule has 2 N–H and O–H groups in total. The van der Waals surface area contributed by atoms with Gasteiger partial charge in [0.05, 0.1) is 11.8 Å². The third kappa shape index (κ3) is 2.88. The van der Waals surface area contributed by atoms with Crippen molar-refractivity contribution in [2.45, 2.75) is 44.6 Å². The lowest BCUT2D eigenvalue weighted by Crippen LogP contribution is -2.39. The first kappa shape index (κ1) is 14.3. The molecule has 1 aliphatic carbocycles. The highest BCUT2D eigenvalue weighted by Gasteiger charge is 2.24. The monoisotopic (exact) mass is 287 g/mol. The molecular weight excluding hydrogens is 262 g/mol. The van der Waals surface area contributed by atoms with E-state index in [-0.39, 0.29) is 0 Å². The predicted molar refractivity (Wildman–Crippen MR) is 86.4 cm³/mol. The number of nitrogens with two attached hydrogens (primary N) is 1. The first-order valence-electron chi connectivity index (χ1n) is 8.04. The highest BCUT2D eigenvalue weighted by atomic mass is 15.2. The van der Waals surface area contributed by atoms with Gasteiger partial charge in [0, 0.05) is 25.8 Å². The zero-order valence-corrected chi connectivity index (χ0v) is 12.8. The Morgan fingerprint density at radius 2 is 2.10 bits per heavy atom. The van der Waals surface area contributed by atoms with Crippen molar-refractivity contribution >= 4 is 16.9 Å². The van der Waals surface area contributed by atoms with Crippen molar-refractivity contribution in [1.82, 2.24) is 14.5 Å². The summed E-state index contributed by atoms with van der Waals surface area (Å²) in [6, 6.07) is 2.62. The SMILES string of the molecule is Cn1cnc2c(N(CCCN)C3CCCCC3)nccc21. The highest BCUT2D eigenvalue weighted by Crippen LogP contribution is 2.30. The lowest BCUT2D eigenvalue weighted by molar-refractivity contribution is 0.411. The van der Waals surface area contributed by atoms with Gasteiger partial charge in [0.1, 0.15) is 5.52 Å². The van der Waals surface area contributed by atoms with Crippen LogP contribution in [0, 0.1) is 0 Å². The number of hydrogen-bond acceptors (Lipinski definition) is 4. The molecule has 0 unspecified atom stereocenters. The number of hydrogen-bond donors (Lipinski definition) is 1. The molecule has 114 valence electrons. The molecule has 1 aliphatic rings. The summed E-state index contributed by atoms with van der Waals surface area (Å²) in [4.78, 5) is 11.7. The normalized spacial score (nSPS) is 16.5. The molecule has 2 aromatic heterocycles. The molecule has 0 saturated heterocycles. The van der Waals surface area contributed by atoms with Crippen LogP contribution < -0.4 is 10.6 Å². The van der Waals surface area contributed by atoms with Crippen molar-refractivity contribution in [3.8, 4) is 0 Å². The molecule has 0 spiro atoms. The smallest absolute Gasteiger partial charge is 0.156 e. The molecule has 0 amide bonds. The fourth-order valence-electron chi connectivity index (χ4n) is 3.37. The topological polar surface area (TPSA) is 60.0 Å². The molecule has 21 heavy (non-hydrogen) atoms. The van der Waals surface area contributed by atoms with Crippen LogP contribution in [0.5, 0.6) is 0 Å². The van der Waals surface area contributed by atoms with E-state index in [4.69, 9.17) is 5.73 Å². The van der Waals surface area contributed by atoms with Crippen molar-refractivity contribution in [2.75, 3.05) is 18.0 Å². The summed E-state index contributed by atoms with van der Waals surface area (Å²) in [5, 5.41) is 0. The van der Waals surface area contributed by atoms with E-state index in [0.717, 1.165) is 36.4 Å². The van der Waals surface area contributed by atoms with Crippen molar-refractivity contribution in [3.63, 3.8) is 0 Å². The van der Waals surface area contributed by atoms with Crippen LogP contribution in [0.15, 0.2) is 18.6 Å². The Labute approximate surface area is 126 Å². The van der Waals surface area contributed by atoms with Gasteiger partial charge in [-0.15, -0.1) is 0 Å². The van der Waals surface area contributed by atoms with Crippen LogP contribution in [0.3, 0.4) is 0 Å². The third-order valence-corrected chi connectivity index (χ3v) is 4.51. The van der Waals surface area contributed by atoms with Crippen LogP contribution in [-0.4, -0.2) is 33.7 Å². The molecule has 2 aromatic rings. The summed E-state index contributed by atoms with van der Waals surface area (Å²) in [6.45, 7) is 1.70. The lowest BCUT2D eigenvalue weighted by atomic mass is 9.94. The van der Waals surface area contributed by atoms with Crippen molar-refractivity contribution in [2.24, 2.45) is 12.8 Å². The average molecular weight is 287 g/mol. The van der Waals surface area contributed by atoms with Crippen LogP contribution in [-0.2, 0) is 7.05 Å². The second-order valence-corrected chi connectivity index (χ2v) is 5.99. The van der Waals surface area contributed by atoms with Crippen LogP contribution in [0.4, 0.5) is 5.82 Å². The molecule has 5 heteroatoms. The van der Waals surface area contributed by atoms with E-state index >= 15 is 0 Å². The first-order chi connectivity index (χ1) is 10.3. The second-order valence-electron chi connectivity index (χ2n) is 5.99. The van der Waals surface area contributed by atoms with E-state index in [9.17, 15) is 0 Å². The number of rotatable bonds is 5. The summed E-state index contributed by atoms with van der Waals surface area (Å²) in [5.74, 6) is 1.04. The highest BCUT2D eigenvalue weighted by molar-refractivity contribution is 5.86. The quantitative estimate of drug-likeness (QED) is 0.917. The maximum atomic E-state index is 5.73. The fourth-order valence-corrected chi connectivity index (χ4v) is 3.37. The van der Waals surface area contributed by atoms with E-state index < -0.39 is 0 Å². The Morgan fingerprint density at radius 1 is 1.29 bits per heavy atom. The Balaban J connectivity index is 1.96. The minimum atomic E-state index is 0.588. The Kier molecular flexibility index (Phi) is 4.39. The largest absolute Gasteiger partial charge is 0.352 e. The Hall–Kier alpha value is -1.62. The third-order valence-electron chi connectivity index (χ3n) is 4.51. The fraction of sp³-hybridized carbons (Fsp3) is 0.625. The Morgan fingerprint density at radius 3 is 2.86 bits per heavy atom. The number of imidazole rings is 1. The van der Waals surface area contributed by atoms with E-state index in [2.05, 4.69) is 19.4 Å². The maximum Gasteiger partial charge on any atom is 0.156 e. The minimum Gasteiger partial charge on any atom is -0.352 e. The molecule has 0 bridgehead atoms. The van der Waals surface area contributed by atoms with Gasteiger partial charge >= 0.3 is 0 Å². The summed E-state index contributed by atoms with van der Waals surface area (Å²) >= 11 is 0. The van der Waals surface area contributed by atoms with Gasteiger partial charge in [-0.2, -0.15) is 0 Å². The van der Waals surface area contributed by atoms with Gasteiger partial charge in [0.15, 0.2) is 5.82 Å². The standard InChI is InChI=1S/C16H25N5/c1-20-12-19-15-14(20)8-10-18-16(15)21(11-5-9-17)13-6-3-2-4-7-13/h8,10,12-13H,2-7,9,11,17H2,1H3. The molecule has 1 saturated carbocycles. The van der Waals surface area contributed by atoms with Crippen molar-refractivity contribution in [3.05, 3.63) is 18.6 Å². The maximum absolute atomic E-state index is 5.73. The number of fused-ring (bicyclic) bond motifs is 1. The van der Waals surface area contributed by atoms with Crippen LogP contribution in [0.25, 0.3) is 11.0 Å². The summed E-state index contributed by atoms with van der Waals surface area (Å²) in [7, 11) is 2.03. The molecule has 1 fully saturated rings. The molecule has 2 heterocycles. The van der Waals surface area contributed by atoms with Crippen LogP contribution >= 0.6 is 0 Å². The average Bonchev–Trinajstić information content (AvgIpc) is 2.91. The first-order valence-corrected chi connectivity index (χ1v) is 8.04. The molecule has 5 nitrogen and oxygen atoms in total. The van der Waals surface area contributed by atoms with Gasteiger partial charge in [-0.25, -0.2) is 9.97 Å². The van der Waals surface area contributed by atoms with Crippen molar-refractivity contribution in [1.29, 1.82) is 0 Å². The van der Waals surface area contributed by atoms with E-state index in [1.54, 1.807) is 0 Å². The molecule has 0 aliphatic heterocycles. The number of anilines is 1. The van der Waals surface area contributed by atoms with Crippen LogP contribution in [0.2, 0.25) is 0 Å². The predicted octanol–water partition coefficient (Wildman–Crippen LogP) is 2.46. The zero-order valence-electron chi connectivity index (χ0n) is 12.8. The molecular formula is C16H25N5. The van der Waals surface area contributed by atoms with Gasteiger partial charge in [-0.1, -0.05) is 19.3 Å². The lowest BCUT2D eigenvalue weighted by Gasteiger charge is -2.35. The van der Waals surface area contributed by atoms with E-state index in [0.29, 0.717) is 6.04 Å². The molecule has 3 rings (SSSR count). The van der Waals surface area contributed by atoms with Gasteiger partial charge in [-0.05, 0) is 31.9 Å². The summed E-state index contributed by atoms with van der Waals surface area (Å²) in [5.41, 5.74) is 7.90. The molecule has 0 atom stereocenters. The Bertz CT molecular complexity index is 585. The van der Waals surface area contributed by atoms with E-state index in [1.165, 1.54) is 32.1 Å². The summed E-state index contributed by atoms with van der Waals surface area (Å²) in [6.07, 6.45) is 11.3.